The van der Waals surface area contributed by atoms with Gasteiger partial charge < -0.3 is 10.2 Å². The maximum Gasteiger partial charge on any atom is 0.325 e. The van der Waals surface area contributed by atoms with E-state index in [0.717, 1.165) is 28.8 Å². The first-order valence-electron chi connectivity index (χ1n) is 11.1. The van der Waals surface area contributed by atoms with E-state index >= 15 is 0 Å². The Hall–Kier alpha value is -3.60. The second-order valence-corrected chi connectivity index (χ2v) is 8.36. The molecule has 0 spiro atoms. The van der Waals surface area contributed by atoms with Gasteiger partial charge in [0.1, 0.15) is 0 Å². The fourth-order valence-corrected chi connectivity index (χ4v) is 4.24. The molecule has 0 saturated carbocycles. The first kappa shape index (κ1) is 21.6. The van der Waals surface area contributed by atoms with Crippen LogP contribution >= 0.6 is 0 Å². The Labute approximate surface area is 189 Å². The van der Waals surface area contributed by atoms with Gasteiger partial charge in [-0.25, -0.2) is 4.79 Å². The average Bonchev–Trinajstić information content (AvgIpc) is 2.80. The van der Waals surface area contributed by atoms with Crippen LogP contribution in [0.4, 0.5) is 16.2 Å². The van der Waals surface area contributed by atoms with Crippen LogP contribution in [0.5, 0.6) is 0 Å². The molecule has 3 aromatic rings. The van der Waals surface area contributed by atoms with E-state index in [-0.39, 0.29) is 18.0 Å². The molecular formula is C27H29N3O2. The predicted octanol–water partition coefficient (Wildman–Crippen LogP) is 5.95. The van der Waals surface area contributed by atoms with E-state index in [1.807, 2.05) is 79.4 Å². The van der Waals surface area contributed by atoms with Gasteiger partial charge in [0.2, 0.25) is 0 Å². The quantitative estimate of drug-likeness (QED) is 0.547. The third-order valence-electron chi connectivity index (χ3n) is 6.09. The van der Waals surface area contributed by atoms with E-state index in [1.165, 1.54) is 0 Å². The summed E-state index contributed by atoms with van der Waals surface area (Å²) in [4.78, 5) is 30.2. The molecule has 1 atom stereocenters. The van der Waals surface area contributed by atoms with Crippen LogP contribution in [0.15, 0.2) is 72.8 Å². The molecule has 3 amide bonds. The zero-order valence-corrected chi connectivity index (χ0v) is 18.8. The molecule has 3 aromatic carbocycles. The van der Waals surface area contributed by atoms with Gasteiger partial charge in [-0.2, -0.15) is 0 Å². The normalized spacial score (nSPS) is 14.9. The summed E-state index contributed by atoms with van der Waals surface area (Å²) in [7, 11) is 0. The molecule has 1 saturated heterocycles. The van der Waals surface area contributed by atoms with Gasteiger partial charge >= 0.3 is 6.03 Å². The number of benzene rings is 3. The molecule has 1 N–H and O–H groups in total. The second kappa shape index (κ2) is 9.27. The lowest BCUT2D eigenvalue weighted by molar-refractivity contribution is 0.102. The molecule has 5 heteroatoms. The highest BCUT2D eigenvalue weighted by Gasteiger charge is 2.32. The van der Waals surface area contributed by atoms with Crippen LogP contribution in [0.3, 0.4) is 0 Å². The van der Waals surface area contributed by atoms with Crippen molar-refractivity contribution < 1.29 is 9.59 Å². The first-order valence-corrected chi connectivity index (χ1v) is 11.1. The van der Waals surface area contributed by atoms with Crippen molar-refractivity contribution in [3.05, 3.63) is 95.1 Å². The molecule has 1 heterocycles. The fraction of sp³-hybridized carbons (Fsp3) is 0.259. The lowest BCUT2D eigenvalue weighted by atomic mass is 10.1. The van der Waals surface area contributed by atoms with Gasteiger partial charge in [-0.3, -0.25) is 9.69 Å². The highest BCUT2D eigenvalue weighted by Crippen LogP contribution is 2.33. The van der Waals surface area contributed by atoms with E-state index in [4.69, 9.17) is 0 Å². The maximum absolute atomic E-state index is 13.5. The summed E-state index contributed by atoms with van der Waals surface area (Å²) in [5, 5.41) is 3.05. The van der Waals surface area contributed by atoms with Gasteiger partial charge in [0.25, 0.3) is 5.91 Å². The molecule has 32 heavy (non-hydrogen) atoms. The van der Waals surface area contributed by atoms with E-state index in [0.29, 0.717) is 24.3 Å². The Morgan fingerprint density at radius 1 is 0.938 bits per heavy atom. The smallest absolute Gasteiger partial charge is 0.320 e. The number of aryl methyl sites for hydroxylation is 2. The number of nitrogens with one attached hydrogen (secondary N) is 1. The summed E-state index contributed by atoms with van der Waals surface area (Å²) in [6.07, 6.45) is 0.863. The number of amides is 3. The first-order chi connectivity index (χ1) is 15.5. The third-order valence-corrected chi connectivity index (χ3v) is 6.09. The van der Waals surface area contributed by atoms with Crippen molar-refractivity contribution in [2.75, 3.05) is 23.3 Å². The molecule has 4 rings (SSSR count). The standard InChI is InChI=1S/C27H29N3O2/c1-19-14-15-25(24(18-19)28-26(31)23-13-8-7-10-20(23)2)30-17-9-16-29(27(30)32)21(3)22-11-5-4-6-12-22/h4-8,10-15,18,21H,9,16-17H2,1-3H3,(H,28,31). The Morgan fingerprint density at radius 2 is 1.66 bits per heavy atom. The summed E-state index contributed by atoms with van der Waals surface area (Å²) in [5.41, 5.74) is 5.06. The zero-order chi connectivity index (χ0) is 22.7. The molecule has 164 valence electrons. The Balaban J connectivity index is 1.62. The number of hydrogen-bond donors (Lipinski definition) is 1. The van der Waals surface area contributed by atoms with Crippen molar-refractivity contribution in [1.29, 1.82) is 0 Å². The molecule has 0 aromatic heterocycles. The topological polar surface area (TPSA) is 52.6 Å². The Bertz CT molecular complexity index is 1130. The SMILES string of the molecule is Cc1ccc(N2CCCN(C(C)c3ccccc3)C2=O)c(NC(=O)c2ccccc2C)c1. The zero-order valence-electron chi connectivity index (χ0n) is 18.8. The van der Waals surface area contributed by atoms with E-state index in [2.05, 4.69) is 24.4 Å². The van der Waals surface area contributed by atoms with Crippen LogP contribution in [-0.4, -0.2) is 29.9 Å². The minimum absolute atomic E-state index is 0.0260. The average molecular weight is 428 g/mol. The minimum Gasteiger partial charge on any atom is -0.320 e. The van der Waals surface area contributed by atoms with Gasteiger partial charge in [-0.15, -0.1) is 0 Å². The summed E-state index contributed by atoms with van der Waals surface area (Å²) < 4.78 is 0. The van der Waals surface area contributed by atoms with Crippen LogP contribution in [0.2, 0.25) is 0 Å². The molecule has 0 bridgehead atoms. The minimum atomic E-state index is -0.172. The highest BCUT2D eigenvalue weighted by atomic mass is 16.2. The fourth-order valence-electron chi connectivity index (χ4n) is 4.24. The molecule has 1 aliphatic heterocycles. The van der Waals surface area contributed by atoms with Crippen molar-refractivity contribution in [2.45, 2.75) is 33.2 Å². The van der Waals surface area contributed by atoms with Crippen molar-refractivity contribution in [2.24, 2.45) is 0 Å². The third kappa shape index (κ3) is 4.37. The van der Waals surface area contributed by atoms with E-state index in [9.17, 15) is 9.59 Å². The van der Waals surface area contributed by atoms with Gasteiger partial charge in [-0.1, -0.05) is 54.6 Å². The number of urea groups is 1. The second-order valence-electron chi connectivity index (χ2n) is 8.36. The molecule has 5 nitrogen and oxygen atoms in total. The van der Waals surface area contributed by atoms with Crippen molar-refractivity contribution >= 4 is 23.3 Å². The number of nitrogens with zero attached hydrogens (tertiary/aromatic N) is 2. The van der Waals surface area contributed by atoms with Gasteiger partial charge in [0.15, 0.2) is 0 Å². The Morgan fingerprint density at radius 3 is 2.41 bits per heavy atom. The lowest BCUT2D eigenvalue weighted by Gasteiger charge is -2.39. The number of rotatable bonds is 5. The van der Waals surface area contributed by atoms with Crippen LogP contribution in [0, 0.1) is 13.8 Å². The van der Waals surface area contributed by atoms with Gasteiger partial charge in [0, 0.05) is 18.7 Å². The van der Waals surface area contributed by atoms with Crippen LogP contribution in [0.25, 0.3) is 0 Å². The van der Waals surface area contributed by atoms with Gasteiger partial charge in [-0.05, 0) is 62.1 Å². The van der Waals surface area contributed by atoms with E-state index < -0.39 is 0 Å². The van der Waals surface area contributed by atoms with Crippen LogP contribution in [0.1, 0.15) is 46.4 Å². The number of carbonyl (C=O) groups is 2. The summed E-state index contributed by atoms with van der Waals surface area (Å²) in [6.45, 7) is 7.29. The van der Waals surface area contributed by atoms with Gasteiger partial charge in [0.05, 0.1) is 17.4 Å². The number of anilines is 2. The molecule has 1 fully saturated rings. The van der Waals surface area contributed by atoms with Crippen molar-refractivity contribution in [1.82, 2.24) is 4.90 Å². The summed E-state index contributed by atoms with van der Waals surface area (Å²) in [5.74, 6) is -0.172. The van der Waals surface area contributed by atoms with Crippen LogP contribution < -0.4 is 10.2 Å². The Kier molecular flexibility index (Phi) is 6.26. The largest absolute Gasteiger partial charge is 0.325 e. The monoisotopic (exact) mass is 427 g/mol. The summed E-state index contributed by atoms with van der Waals surface area (Å²) in [6, 6.07) is 23.4. The van der Waals surface area contributed by atoms with Crippen LogP contribution in [-0.2, 0) is 0 Å². The van der Waals surface area contributed by atoms with E-state index in [1.54, 1.807) is 4.90 Å². The number of hydrogen-bond acceptors (Lipinski definition) is 2. The van der Waals surface area contributed by atoms with Crippen molar-refractivity contribution in [3.63, 3.8) is 0 Å². The molecule has 0 aliphatic carbocycles. The molecule has 1 unspecified atom stereocenters. The van der Waals surface area contributed by atoms with Crippen molar-refractivity contribution in [3.8, 4) is 0 Å². The predicted molar refractivity (Wildman–Crippen MR) is 129 cm³/mol. The molecule has 1 aliphatic rings. The number of carbonyl (C=O) groups excluding carboxylic acids is 2. The lowest BCUT2D eigenvalue weighted by Crippen LogP contribution is -2.50. The molecule has 0 radical (unpaired) electrons. The summed E-state index contributed by atoms with van der Waals surface area (Å²) >= 11 is 0. The maximum atomic E-state index is 13.5. The highest BCUT2D eigenvalue weighted by molar-refractivity contribution is 6.08. The molecular weight excluding hydrogens is 398 g/mol.